The van der Waals surface area contributed by atoms with Gasteiger partial charge in [0.2, 0.25) is 0 Å². The average molecular weight is 594 g/mol. The number of rotatable bonds is 11. The minimum Gasteiger partial charge on any atom is -0.377 e. The number of hydrogen-bond acceptors (Lipinski definition) is 6. The molecule has 0 aliphatic carbocycles. The maximum atomic E-state index is 13.1. The second-order valence-electron chi connectivity index (χ2n) is 9.87. The van der Waals surface area contributed by atoms with Crippen molar-refractivity contribution in [1.29, 1.82) is 0 Å². The van der Waals surface area contributed by atoms with Crippen LogP contribution in [0.4, 0.5) is 23.4 Å². The number of carbonyl (C=O) groups excluding carboxylic acids is 1. The number of carbonyl (C=O) groups is 1. The molecule has 3 aromatic rings. The zero-order chi connectivity index (χ0) is 29.8. The lowest BCUT2D eigenvalue weighted by atomic mass is 9.95. The first kappa shape index (κ1) is 30.4. The maximum Gasteiger partial charge on any atom is 0.416 e. The van der Waals surface area contributed by atoms with Crippen LogP contribution in [0.15, 0.2) is 65.6 Å². The Labute approximate surface area is 236 Å². The summed E-state index contributed by atoms with van der Waals surface area (Å²) in [6.07, 6.45) is -3.69. The van der Waals surface area contributed by atoms with E-state index in [1.54, 1.807) is 31.2 Å². The number of sulfone groups is 1. The molecule has 2 atom stereocenters. The zero-order valence-electron chi connectivity index (χ0n) is 22.4. The number of amides is 1. The highest BCUT2D eigenvalue weighted by atomic mass is 32.2. The van der Waals surface area contributed by atoms with Crippen LogP contribution < -0.4 is 10.6 Å². The second kappa shape index (κ2) is 12.6. The first-order valence-corrected chi connectivity index (χ1v) is 14.8. The van der Waals surface area contributed by atoms with E-state index in [1.807, 2.05) is 4.90 Å². The van der Waals surface area contributed by atoms with Crippen molar-refractivity contribution in [2.75, 3.05) is 37.1 Å². The molecule has 41 heavy (non-hydrogen) atoms. The Hall–Kier alpha value is -3.51. The number of alkyl halides is 4. The SMILES string of the molecule is CCS(=O)(=O)c1ccc(Cc2nc(N3CC(c4ccc(C(F)(F)F)cc4)C[C@H]3COCCF)ccc2C(N)=O)cc1. The summed E-state index contributed by atoms with van der Waals surface area (Å²) in [4.78, 5) is 19.1. The van der Waals surface area contributed by atoms with E-state index in [0.717, 1.165) is 23.3 Å². The fourth-order valence-corrected chi connectivity index (χ4v) is 5.88. The molecule has 2 N–H and O–H groups in total. The number of primary amides is 1. The van der Waals surface area contributed by atoms with Crippen LogP contribution >= 0.6 is 0 Å². The smallest absolute Gasteiger partial charge is 0.377 e. The van der Waals surface area contributed by atoms with E-state index in [4.69, 9.17) is 15.5 Å². The van der Waals surface area contributed by atoms with Gasteiger partial charge < -0.3 is 15.4 Å². The van der Waals surface area contributed by atoms with Crippen molar-refractivity contribution in [2.24, 2.45) is 5.73 Å². The van der Waals surface area contributed by atoms with E-state index < -0.39 is 34.2 Å². The fraction of sp³-hybridized carbons (Fsp3) is 0.379. The lowest BCUT2D eigenvalue weighted by Crippen LogP contribution is -2.34. The highest BCUT2D eigenvalue weighted by Gasteiger charge is 2.35. The normalized spacial score (nSPS) is 17.6. The highest BCUT2D eigenvalue weighted by molar-refractivity contribution is 7.91. The molecule has 12 heteroatoms. The molecule has 220 valence electrons. The Morgan fingerprint density at radius 1 is 1.07 bits per heavy atom. The molecule has 1 fully saturated rings. The van der Waals surface area contributed by atoms with E-state index in [1.165, 1.54) is 24.3 Å². The monoisotopic (exact) mass is 593 g/mol. The topological polar surface area (TPSA) is 103 Å². The summed E-state index contributed by atoms with van der Waals surface area (Å²) in [7, 11) is -3.37. The summed E-state index contributed by atoms with van der Waals surface area (Å²) in [5, 5.41) is 0. The predicted molar refractivity (Wildman–Crippen MR) is 146 cm³/mol. The summed E-state index contributed by atoms with van der Waals surface area (Å²) >= 11 is 0. The molecule has 1 saturated heterocycles. The number of nitrogens with zero attached hydrogens (tertiary/aromatic N) is 2. The van der Waals surface area contributed by atoms with E-state index in [9.17, 15) is 30.8 Å². The number of pyridine rings is 1. The highest BCUT2D eigenvalue weighted by Crippen LogP contribution is 2.37. The number of benzene rings is 2. The molecular weight excluding hydrogens is 562 g/mol. The second-order valence-corrected chi connectivity index (χ2v) is 12.2. The number of anilines is 1. The van der Waals surface area contributed by atoms with Crippen LogP contribution in [0, 0.1) is 0 Å². The van der Waals surface area contributed by atoms with Crippen LogP contribution in [0.2, 0.25) is 0 Å². The van der Waals surface area contributed by atoms with E-state index in [-0.39, 0.29) is 47.8 Å². The maximum absolute atomic E-state index is 13.1. The van der Waals surface area contributed by atoms with Crippen molar-refractivity contribution in [1.82, 2.24) is 4.98 Å². The summed E-state index contributed by atoms with van der Waals surface area (Å²) in [6, 6.07) is 14.4. The van der Waals surface area contributed by atoms with Gasteiger partial charge in [-0.05, 0) is 53.9 Å². The van der Waals surface area contributed by atoms with E-state index in [2.05, 4.69) is 0 Å². The van der Waals surface area contributed by atoms with Gasteiger partial charge in [-0.25, -0.2) is 17.8 Å². The summed E-state index contributed by atoms with van der Waals surface area (Å²) in [5.74, 6) is -0.318. The molecule has 1 aromatic heterocycles. The zero-order valence-corrected chi connectivity index (χ0v) is 23.2. The van der Waals surface area contributed by atoms with Crippen molar-refractivity contribution in [3.05, 3.63) is 88.6 Å². The Bertz CT molecular complexity index is 1460. The van der Waals surface area contributed by atoms with Crippen LogP contribution in [-0.4, -0.2) is 57.5 Å². The number of hydrogen-bond donors (Lipinski definition) is 1. The minimum absolute atomic E-state index is 0.0265. The first-order valence-electron chi connectivity index (χ1n) is 13.1. The molecule has 0 saturated carbocycles. The third kappa shape index (κ3) is 7.23. The van der Waals surface area contributed by atoms with Crippen LogP contribution in [0.25, 0.3) is 0 Å². The van der Waals surface area contributed by atoms with Crippen molar-refractivity contribution in [3.63, 3.8) is 0 Å². The van der Waals surface area contributed by atoms with Crippen molar-refractivity contribution < 1.29 is 35.5 Å². The molecule has 0 bridgehead atoms. The first-order chi connectivity index (χ1) is 19.4. The lowest BCUT2D eigenvalue weighted by Gasteiger charge is -2.26. The summed E-state index contributed by atoms with van der Waals surface area (Å²) in [5.41, 5.74) is 6.94. The Kier molecular flexibility index (Phi) is 9.33. The van der Waals surface area contributed by atoms with E-state index in [0.29, 0.717) is 24.5 Å². The van der Waals surface area contributed by atoms with Gasteiger partial charge in [0.05, 0.1) is 46.7 Å². The number of aromatic nitrogens is 1. The average Bonchev–Trinajstić information content (AvgIpc) is 3.37. The third-order valence-electron chi connectivity index (χ3n) is 7.21. The largest absolute Gasteiger partial charge is 0.416 e. The Morgan fingerprint density at radius 3 is 2.34 bits per heavy atom. The molecule has 0 spiro atoms. The fourth-order valence-electron chi connectivity index (χ4n) is 5.00. The molecule has 2 heterocycles. The Morgan fingerprint density at radius 2 is 1.76 bits per heavy atom. The van der Waals surface area contributed by atoms with Gasteiger partial charge in [0.15, 0.2) is 9.84 Å². The minimum atomic E-state index is -4.43. The molecule has 1 aliphatic rings. The molecule has 0 radical (unpaired) electrons. The van der Waals surface area contributed by atoms with Crippen LogP contribution in [0.5, 0.6) is 0 Å². The Balaban J connectivity index is 1.63. The van der Waals surface area contributed by atoms with Gasteiger partial charge in [0.25, 0.3) is 5.91 Å². The molecular formula is C29H31F4N3O4S. The van der Waals surface area contributed by atoms with Crippen LogP contribution in [0.1, 0.15) is 52.0 Å². The van der Waals surface area contributed by atoms with E-state index >= 15 is 0 Å². The van der Waals surface area contributed by atoms with Crippen LogP contribution in [-0.2, 0) is 27.2 Å². The third-order valence-corrected chi connectivity index (χ3v) is 8.96. The van der Waals surface area contributed by atoms with Gasteiger partial charge in [-0.3, -0.25) is 4.79 Å². The molecule has 2 aromatic carbocycles. The van der Waals surface area contributed by atoms with Crippen molar-refractivity contribution >= 4 is 21.6 Å². The molecule has 4 rings (SSSR count). The standard InChI is InChI=1S/C29H31F4N3O4S/c1-2-41(38,39)24-9-3-19(4-10-24)15-26-25(28(34)37)11-12-27(35-26)36-17-21(16-23(36)18-40-14-13-30)20-5-7-22(8-6-20)29(31,32)33/h3-12,21,23H,2,13-18H2,1H3,(H2,34,37)/t21?,23-/m0/s1. The quantitative estimate of drug-likeness (QED) is 0.250. The molecule has 1 unspecified atom stereocenters. The van der Waals surface area contributed by atoms with Crippen molar-refractivity contribution in [2.45, 2.75) is 42.8 Å². The van der Waals surface area contributed by atoms with Gasteiger partial charge in [-0.2, -0.15) is 13.2 Å². The predicted octanol–water partition coefficient (Wildman–Crippen LogP) is 4.93. The summed E-state index contributed by atoms with van der Waals surface area (Å²) < 4.78 is 81.7. The molecule has 1 aliphatic heterocycles. The van der Waals surface area contributed by atoms with Gasteiger partial charge in [0, 0.05) is 18.9 Å². The lowest BCUT2D eigenvalue weighted by molar-refractivity contribution is -0.137. The van der Waals surface area contributed by atoms with Gasteiger partial charge >= 0.3 is 6.18 Å². The number of nitrogens with two attached hydrogens (primary N) is 1. The van der Waals surface area contributed by atoms with Gasteiger partial charge in [-0.1, -0.05) is 31.2 Å². The van der Waals surface area contributed by atoms with Crippen molar-refractivity contribution in [3.8, 4) is 0 Å². The number of halogens is 4. The molecule has 7 nitrogen and oxygen atoms in total. The number of ether oxygens (including phenoxy) is 1. The summed E-state index contributed by atoms with van der Waals surface area (Å²) in [6.45, 7) is 1.43. The van der Waals surface area contributed by atoms with Gasteiger partial charge in [-0.15, -0.1) is 0 Å². The van der Waals surface area contributed by atoms with Crippen LogP contribution in [0.3, 0.4) is 0 Å². The van der Waals surface area contributed by atoms with Gasteiger partial charge in [0.1, 0.15) is 12.5 Å². The molecule has 1 amide bonds.